The average Bonchev–Trinajstić information content (AvgIpc) is 3.17. The van der Waals surface area contributed by atoms with Gasteiger partial charge in [-0.1, -0.05) is 26.0 Å². The largest absolute Gasteiger partial charge is 0.372 e. The van der Waals surface area contributed by atoms with Gasteiger partial charge >= 0.3 is 0 Å². The molecular formula is C21H27N3OS. The lowest BCUT2D eigenvalue weighted by atomic mass is 10.1. The highest BCUT2D eigenvalue weighted by molar-refractivity contribution is 7.10. The summed E-state index contributed by atoms with van der Waals surface area (Å²) in [5.74, 6) is 0.280. The summed E-state index contributed by atoms with van der Waals surface area (Å²) in [4.78, 5) is 15.9. The van der Waals surface area contributed by atoms with Crippen molar-refractivity contribution in [1.82, 2.24) is 5.43 Å². The van der Waals surface area contributed by atoms with Crippen LogP contribution in [0.1, 0.15) is 66.8 Å². The first-order chi connectivity index (χ1) is 12.5. The number of hydrogen-bond donors (Lipinski definition) is 1. The van der Waals surface area contributed by atoms with Crippen molar-refractivity contribution in [2.45, 2.75) is 46.0 Å². The molecule has 1 aliphatic heterocycles. The van der Waals surface area contributed by atoms with Crippen LogP contribution < -0.4 is 10.3 Å². The molecule has 1 N–H and O–H groups in total. The quantitative estimate of drug-likeness (QED) is 0.594. The molecule has 1 aromatic carbocycles. The fourth-order valence-corrected chi connectivity index (χ4v) is 4.01. The van der Waals surface area contributed by atoms with Crippen molar-refractivity contribution >= 4 is 28.6 Å². The van der Waals surface area contributed by atoms with E-state index in [-0.39, 0.29) is 5.91 Å². The number of carbonyl (C=O) groups is 1. The Hall–Kier alpha value is -2.14. The molecule has 1 amide bonds. The number of hydrogen-bond acceptors (Lipinski definition) is 4. The number of nitrogens with zero attached hydrogens (tertiary/aromatic N) is 2. The highest BCUT2D eigenvalue weighted by atomic mass is 32.1. The minimum absolute atomic E-state index is 0.155. The van der Waals surface area contributed by atoms with E-state index in [1.165, 1.54) is 29.8 Å². The van der Waals surface area contributed by atoms with E-state index in [0.717, 1.165) is 24.4 Å². The summed E-state index contributed by atoms with van der Waals surface area (Å²) in [6, 6.07) is 10.4. The van der Waals surface area contributed by atoms with Crippen LogP contribution in [0.4, 0.5) is 5.69 Å². The number of rotatable bonds is 5. The lowest BCUT2D eigenvalue weighted by molar-refractivity contribution is 0.0955. The molecule has 4 nitrogen and oxygen atoms in total. The summed E-state index contributed by atoms with van der Waals surface area (Å²) in [7, 11) is 0. The topological polar surface area (TPSA) is 44.7 Å². The monoisotopic (exact) mass is 369 g/mol. The van der Waals surface area contributed by atoms with Crippen LogP contribution in [0.3, 0.4) is 0 Å². The zero-order valence-electron chi connectivity index (χ0n) is 15.8. The highest BCUT2D eigenvalue weighted by Gasteiger charge is 2.12. The van der Waals surface area contributed by atoms with Crippen LogP contribution in [-0.4, -0.2) is 24.7 Å². The average molecular weight is 370 g/mol. The summed E-state index contributed by atoms with van der Waals surface area (Å²) in [5.41, 5.74) is 6.45. The van der Waals surface area contributed by atoms with E-state index in [0.29, 0.717) is 11.5 Å². The van der Waals surface area contributed by atoms with E-state index in [1.54, 1.807) is 11.3 Å². The molecule has 1 saturated heterocycles. The molecule has 138 valence electrons. The number of hydrazone groups is 1. The number of piperidine rings is 1. The molecule has 0 aliphatic carbocycles. The second kappa shape index (κ2) is 8.49. The van der Waals surface area contributed by atoms with Gasteiger partial charge in [-0.15, -0.1) is 11.3 Å². The molecule has 0 atom stereocenters. The molecule has 0 unspecified atom stereocenters. The highest BCUT2D eigenvalue weighted by Crippen LogP contribution is 2.23. The number of benzene rings is 1. The van der Waals surface area contributed by atoms with E-state index in [4.69, 9.17) is 0 Å². The van der Waals surface area contributed by atoms with Gasteiger partial charge in [0.25, 0.3) is 5.91 Å². The van der Waals surface area contributed by atoms with Gasteiger partial charge in [0.05, 0.1) is 11.3 Å². The number of anilines is 1. The minimum Gasteiger partial charge on any atom is -0.372 e. The van der Waals surface area contributed by atoms with Gasteiger partial charge in [-0.2, -0.15) is 5.10 Å². The molecule has 1 aromatic heterocycles. The Morgan fingerprint density at radius 1 is 1.12 bits per heavy atom. The maximum atomic E-state index is 12.3. The molecule has 3 rings (SSSR count). The molecule has 0 saturated carbocycles. The van der Waals surface area contributed by atoms with Gasteiger partial charge in [0, 0.05) is 29.0 Å². The Kier molecular flexibility index (Phi) is 6.09. The molecule has 1 aliphatic rings. The molecule has 5 heteroatoms. The predicted molar refractivity (Wildman–Crippen MR) is 111 cm³/mol. The van der Waals surface area contributed by atoms with E-state index < -0.39 is 0 Å². The van der Waals surface area contributed by atoms with Gasteiger partial charge in [0.2, 0.25) is 0 Å². The third-order valence-corrected chi connectivity index (χ3v) is 6.02. The van der Waals surface area contributed by atoms with Crippen LogP contribution >= 0.6 is 11.3 Å². The Labute approximate surface area is 159 Å². The summed E-state index contributed by atoms with van der Waals surface area (Å²) in [5, 5.41) is 6.17. The van der Waals surface area contributed by atoms with Crippen LogP contribution in [0.15, 0.2) is 40.8 Å². The van der Waals surface area contributed by atoms with Gasteiger partial charge in [0.1, 0.15) is 0 Å². The molecule has 1 fully saturated rings. The van der Waals surface area contributed by atoms with Crippen molar-refractivity contribution < 1.29 is 4.79 Å². The Bertz CT molecular complexity index is 771. The standard InChI is InChI=1S/C21H27N3OS/c1-15(2)20-13-18(14-26-20)21(25)23-22-16(3)17-7-9-19(10-8-17)24-11-5-4-6-12-24/h7-10,13-15H,4-6,11-12H2,1-3H3,(H,23,25). The van der Waals surface area contributed by atoms with E-state index in [2.05, 4.69) is 53.5 Å². The van der Waals surface area contributed by atoms with Crippen molar-refractivity contribution in [2.75, 3.05) is 18.0 Å². The SMILES string of the molecule is CC(=NNC(=O)c1csc(C(C)C)c1)c1ccc(N2CCCCC2)cc1. The van der Waals surface area contributed by atoms with Gasteiger partial charge < -0.3 is 4.90 Å². The van der Waals surface area contributed by atoms with Crippen LogP contribution in [0.5, 0.6) is 0 Å². The zero-order valence-corrected chi connectivity index (χ0v) is 16.6. The minimum atomic E-state index is -0.155. The molecule has 2 heterocycles. The van der Waals surface area contributed by atoms with Crippen LogP contribution in [-0.2, 0) is 0 Å². The van der Waals surface area contributed by atoms with Crippen molar-refractivity contribution in [3.8, 4) is 0 Å². The van der Waals surface area contributed by atoms with Crippen LogP contribution in [0.25, 0.3) is 0 Å². The smallest absolute Gasteiger partial charge is 0.272 e. The van der Waals surface area contributed by atoms with E-state index >= 15 is 0 Å². The Morgan fingerprint density at radius 3 is 2.42 bits per heavy atom. The van der Waals surface area contributed by atoms with Crippen molar-refractivity contribution in [3.63, 3.8) is 0 Å². The van der Waals surface area contributed by atoms with Crippen LogP contribution in [0.2, 0.25) is 0 Å². The van der Waals surface area contributed by atoms with Crippen molar-refractivity contribution in [3.05, 3.63) is 51.7 Å². The summed E-state index contributed by atoms with van der Waals surface area (Å²) >= 11 is 1.62. The fourth-order valence-electron chi connectivity index (χ4n) is 3.10. The maximum absolute atomic E-state index is 12.3. The fraction of sp³-hybridized carbons (Fsp3) is 0.429. The summed E-state index contributed by atoms with van der Waals surface area (Å²) < 4.78 is 0. The third-order valence-electron chi connectivity index (χ3n) is 4.78. The van der Waals surface area contributed by atoms with Gasteiger partial charge in [-0.05, 0) is 55.9 Å². The molecule has 0 radical (unpaired) electrons. The molecular weight excluding hydrogens is 342 g/mol. The maximum Gasteiger partial charge on any atom is 0.272 e. The number of nitrogens with one attached hydrogen (secondary N) is 1. The lowest BCUT2D eigenvalue weighted by Gasteiger charge is -2.28. The second-order valence-corrected chi connectivity index (χ2v) is 8.07. The van der Waals surface area contributed by atoms with Gasteiger partial charge in [-0.25, -0.2) is 5.43 Å². The molecule has 2 aromatic rings. The van der Waals surface area contributed by atoms with Gasteiger partial charge in [-0.3, -0.25) is 4.79 Å². The second-order valence-electron chi connectivity index (χ2n) is 7.13. The van der Waals surface area contributed by atoms with Crippen molar-refractivity contribution in [1.29, 1.82) is 0 Å². The third kappa shape index (κ3) is 4.52. The predicted octanol–water partition coefficient (Wildman–Crippen LogP) is 5.02. The molecule has 0 spiro atoms. The summed E-state index contributed by atoms with van der Waals surface area (Å²) in [6.45, 7) is 8.46. The number of amides is 1. The first-order valence-corrected chi connectivity index (χ1v) is 10.2. The first kappa shape index (κ1) is 18.6. The van der Waals surface area contributed by atoms with E-state index in [1.807, 2.05) is 18.4 Å². The Balaban J connectivity index is 1.62. The van der Waals surface area contributed by atoms with Crippen molar-refractivity contribution in [2.24, 2.45) is 5.10 Å². The van der Waals surface area contributed by atoms with Crippen LogP contribution in [0, 0.1) is 0 Å². The Morgan fingerprint density at radius 2 is 1.81 bits per heavy atom. The molecule has 26 heavy (non-hydrogen) atoms. The zero-order chi connectivity index (χ0) is 18.5. The van der Waals surface area contributed by atoms with E-state index in [9.17, 15) is 4.79 Å². The normalized spacial score (nSPS) is 15.4. The lowest BCUT2D eigenvalue weighted by Crippen LogP contribution is -2.29. The van der Waals surface area contributed by atoms with Gasteiger partial charge in [0.15, 0.2) is 0 Å². The first-order valence-electron chi connectivity index (χ1n) is 9.33. The number of thiophene rings is 1. The molecule has 0 bridgehead atoms. The number of carbonyl (C=O) groups excluding carboxylic acids is 1. The summed E-state index contributed by atoms with van der Waals surface area (Å²) in [6.07, 6.45) is 3.88.